The third-order valence-electron chi connectivity index (χ3n) is 6.02. The Morgan fingerprint density at radius 3 is 2.47 bits per heavy atom. The molecule has 0 unspecified atom stereocenters. The molecule has 0 aromatic heterocycles. The molecule has 0 amide bonds. The summed E-state index contributed by atoms with van der Waals surface area (Å²) in [6, 6.07) is 15.7. The summed E-state index contributed by atoms with van der Waals surface area (Å²) < 4.78 is 19.1. The van der Waals surface area contributed by atoms with Gasteiger partial charge in [0.05, 0.1) is 0 Å². The second kappa shape index (κ2) is 9.98. The molecular formula is C25H30FNO3. The molecule has 2 aromatic rings. The van der Waals surface area contributed by atoms with Crippen molar-refractivity contribution in [2.45, 2.75) is 45.1 Å². The van der Waals surface area contributed by atoms with Crippen molar-refractivity contribution in [1.82, 2.24) is 4.90 Å². The van der Waals surface area contributed by atoms with Crippen molar-refractivity contribution in [2.24, 2.45) is 5.92 Å². The molecule has 4 nitrogen and oxygen atoms in total. The van der Waals surface area contributed by atoms with Gasteiger partial charge in [-0.25, -0.2) is 4.39 Å². The van der Waals surface area contributed by atoms with Crippen LogP contribution in [0.2, 0.25) is 0 Å². The van der Waals surface area contributed by atoms with Crippen LogP contribution in [0.4, 0.5) is 4.39 Å². The van der Waals surface area contributed by atoms with Gasteiger partial charge in [0.1, 0.15) is 11.4 Å². The molecule has 3 rings (SSSR count). The highest BCUT2D eigenvalue weighted by Crippen LogP contribution is 2.41. The molecule has 1 aliphatic rings. The van der Waals surface area contributed by atoms with E-state index in [0.717, 1.165) is 38.0 Å². The minimum atomic E-state index is -0.602. The lowest BCUT2D eigenvalue weighted by Gasteiger charge is -2.46. The van der Waals surface area contributed by atoms with E-state index in [0.29, 0.717) is 18.4 Å². The Balaban J connectivity index is 1.59. The van der Waals surface area contributed by atoms with Crippen LogP contribution in [-0.4, -0.2) is 36.3 Å². The van der Waals surface area contributed by atoms with Crippen LogP contribution in [0.3, 0.4) is 0 Å². The van der Waals surface area contributed by atoms with Gasteiger partial charge in [0, 0.05) is 43.8 Å². The van der Waals surface area contributed by atoms with E-state index in [9.17, 15) is 14.0 Å². The first-order valence-electron chi connectivity index (χ1n) is 10.7. The number of benzene rings is 2. The Morgan fingerprint density at radius 1 is 1.13 bits per heavy atom. The standard InChI is InChI=1S/C25H30FNO3/c1-3-24(29)30-25(21-8-5-4-6-9-21)15-17-27(18-19(25)2)16-7-10-23(28)20-11-13-22(26)14-12-20/h4-6,8-9,11-14,19H,3,7,10,15-18H2,1-2H3/t19-,25+/m1/s1. The number of Topliss-reactive ketones (excluding diaryl/α,β-unsaturated/α-hetero) is 1. The zero-order valence-electron chi connectivity index (χ0n) is 17.8. The average Bonchev–Trinajstić information content (AvgIpc) is 2.76. The number of ether oxygens (including phenoxy) is 1. The van der Waals surface area contributed by atoms with Gasteiger partial charge in [-0.15, -0.1) is 0 Å². The van der Waals surface area contributed by atoms with Crippen LogP contribution < -0.4 is 0 Å². The molecule has 0 bridgehead atoms. The Labute approximate surface area is 178 Å². The highest BCUT2D eigenvalue weighted by Gasteiger charge is 2.45. The van der Waals surface area contributed by atoms with Crippen LogP contribution in [0.25, 0.3) is 0 Å². The van der Waals surface area contributed by atoms with E-state index in [-0.39, 0.29) is 23.5 Å². The fourth-order valence-electron chi connectivity index (χ4n) is 4.28. The number of nitrogens with zero attached hydrogens (tertiary/aromatic N) is 1. The molecule has 0 radical (unpaired) electrons. The quantitative estimate of drug-likeness (QED) is 0.454. The van der Waals surface area contributed by atoms with Crippen molar-refractivity contribution in [1.29, 1.82) is 0 Å². The summed E-state index contributed by atoms with van der Waals surface area (Å²) in [7, 11) is 0. The second-order valence-electron chi connectivity index (χ2n) is 8.07. The first-order chi connectivity index (χ1) is 14.4. The van der Waals surface area contributed by atoms with E-state index < -0.39 is 5.60 Å². The summed E-state index contributed by atoms with van der Waals surface area (Å²) >= 11 is 0. The van der Waals surface area contributed by atoms with Gasteiger partial charge in [-0.3, -0.25) is 9.59 Å². The molecule has 1 fully saturated rings. The summed E-state index contributed by atoms with van der Waals surface area (Å²) in [6.07, 6.45) is 2.27. The van der Waals surface area contributed by atoms with Crippen LogP contribution in [0.1, 0.15) is 55.5 Å². The fraction of sp³-hybridized carbons (Fsp3) is 0.440. The van der Waals surface area contributed by atoms with Crippen molar-refractivity contribution in [3.8, 4) is 0 Å². The van der Waals surface area contributed by atoms with Crippen LogP contribution in [-0.2, 0) is 15.1 Å². The van der Waals surface area contributed by atoms with Gasteiger partial charge < -0.3 is 9.64 Å². The monoisotopic (exact) mass is 411 g/mol. The molecule has 0 saturated carbocycles. The van der Waals surface area contributed by atoms with Gasteiger partial charge in [0.25, 0.3) is 0 Å². The van der Waals surface area contributed by atoms with Gasteiger partial charge in [0.2, 0.25) is 0 Å². The molecule has 0 N–H and O–H groups in total. The molecule has 0 spiro atoms. The maximum Gasteiger partial charge on any atom is 0.306 e. The Kier molecular flexibility index (Phi) is 7.38. The summed E-state index contributed by atoms with van der Waals surface area (Å²) in [4.78, 5) is 26.8. The smallest absolute Gasteiger partial charge is 0.306 e. The predicted octanol–water partition coefficient (Wildman–Crippen LogP) is 4.98. The third kappa shape index (κ3) is 5.14. The third-order valence-corrected chi connectivity index (χ3v) is 6.02. The molecule has 1 saturated heterocycles. The molecule has 2 aromatic carbocycles. The zero-order valence-corrected chi connectivity index (χ0v) is 17.8. The Hall–Kier alpha value is -2.53. The van der Waals surface area contributed by atoms with Gasteiger partial charge in [0.15, 0.2) is 5.78 Å². The van der Waals surface area contributed by atoms with Crippen LogP contribution >= 0.6 is 0 Å². The van der Waals surface area contributed by atoms with Crippen molar-refractivity contribution >= 4 is 11.8 Å². The topological polar surface area (TPSA) is 46.6 Å². The number of carbonyl (C=O) groups excluding carboxylic acids is 2. The van der Waals surface area contributed by atoms with Gasteiger partial charge in [-0.05, 0) is 42.8 Å². The normalized spacial score (nSPS) is 21.9. The number of likely N-dealkylation sites (tertiary alicyclic amines) is 1. The molecular weight excluding hydrogens is 381 g/mol. The SMILES string of the molecule is CCC(=O)O[C@@]1(c2ccccc2)CCN(CCCC(=O)c2ccc(F)cc2)C[C@H]1C. The molecule has 2 atom stereocenters. The van der Waals surface area contributed by atoms with E-state index >= 15 is 0 Å². The number of piperidine rings is 1. The lowest BCUT2D eigenvalue weighted by atomic mass is 9.76. The van der Waals surface area contributed by atoms with Crippen LogP contribution in [0, 0.1) is 11.7 Å². The minimum absolute atomic E-state index is 0.0376. The number of halogens is 1. The number of hydrogen-bond acceptors (Lipinski definition) is 4. The number of rotatable bonds is 8. The number of hydrogen-bond donors (Lipinski definition) is 0. The molecule has 1 heterocycles. The van der Waals surface area contributed by atoms with E-state index in [1.165, 1.54) is 24.3 Å². The Morgan fingerprint density at radius 2 is 1.83 bits per heavy atom. The first-order valence-corrected chi connectivity index (χ1v) is 10.7. The second-order valence-corrected chi connectivity index (χ2v) is 8.07. The highest BCUT2D eigenvalue weighted by molar-refractivity contribution is 5.95. The predicted molar refractivity (Wildman–Crippen MR) is 115 cm³/mol. The fourth-order valence-corrected chi connectivity index (χ4v) is 4.28. The molecule has 160 valence electrons. The molecule has 1 aliphatic heterocycles. The van der Waals surface area contributed by atoms with Crippen molar-refractivity contribution in [2.75, 3.05) is 19.6 Å². The van der Waals surface area contributed by atoms with E-state index in [1.54, 1.807) is 0 Å². The van der Waals surface area contributed by atoms with E-state index in [4.69, 9.17) is 4.74 Å². The maximum atomic E-state index is 13.0. The average molecular weight is 412 g/mol. The minimum Gasteiger partial charge on any atom is -0.454 e. The van der Waals surface area contributed by atoms with Crippen molar-refractivity contribution in [3.05, 3.63) is 71.5 Å². The molecule has 5 heteroatoms. The maximum absolute atomic E-state index is 13.0. The zero-order chi connectivity index (χ0) is 21.6. The highest BCUT2D eigenvalue weighted by atomic mass is 19.1. The number of carbonyl (C=O) groups is 2. The van der Waals surface area contributed by atoms with Crippen molar-refractivity contribution < 1.29 is 18.7 Å². The lowest BCUT2D eigenvalue weighted by Crippen LogP contribution is -2.51. The van der Waals surface area contributed by atoms with E-state index in [2.05, 4.69) is 11.8 Å². The van der Waals surface area contributed by atoms with Crippen molar-refractivity contribution in [3.63, 3.8) is 0 Å². The summed E-state index contributed by atoms with van der Waals surface area (Å²) in [5.41, 5.74) is 0.998. The largest absolute Gasteiger partial charge is 0.454 e. The lowest BCUT2D eigenvalue weighted by molar-refractivity contribution is -0.175. The first kappa shape index (κ1) is 22.2. The summed E-state index contributed by atoms with van der Waals surface area (Å²) in [5.74, 6) is -0.337. The molecule has 30 heavy (non-hydrogen) atoms. The summed E-state index contributed by atoms with van der Waals surface area (Å²) in [5, 5.41) is 0. The number of ketones is 1. The van der Waals surface area contributed by atoms with Gasteiger partial charge >= 0.3 is 5.97 Å². The Bertz CT molecular complexity index is 852. The molecule has 0 aliphatic carbocycles. The van der Waals surface area contributed by atoms with Crippen LogP contribution in [0.5, 0.6) is 0 Å². The summed E-state index contributed by atoms with van der Waals surface area (Å²) in [6.45, 7) is 6.37. The van der Waals surface area contributed by atoms with Gasteiger partial charge in [-0.2, -0.15) is 0 Å². The van der Waals surface area contributed by atoms with Gasteiger partial charge in [-0.1, -0.05) is 44.2 Å². The van der Waals surface area contributed by atoms with Crippen LogP contribution in [0.15, 0.2) is 54.6 Å². The van der Waals surface area contributed by atoms with E-state index in [1.807, 2.05) is 37.3 Å². The number of esters is 1.